The first-order valence-corrected chi connectivity index (χ1v) is 8.27. The summed E-state index contributed by atoms with van der Waals surface area (Å²) in [6.45, 7) is 5.76. The van der Waals surface area contributed by atoms with E-state index in [2.05, 4.69) is 5.32 Å². The predicted octanol–water partition coefficient (Wildman–Crippen LogP) is 2.82. The highest BCUT2D eigenvalue weighted by atomic mass is 16.4. The fourth-order valence-electron chi connectivity index (χ4n) is 3.20. The summed E-state index contributed by atoms with van der Waals surface area (Å²) in [5.74, 6) is -1.24. The van der Waals surface area contributed by atoms with Gasteiger partial charge in [-0.25, -0.2) is 0 Å². The van der Waals surface area contributed by atoms with Crippen LogP contribution >= 0.6 is 0 Å². The van der Waals surface area contributed by atoms with Gasteiger partial charge in [0.05, 0.1) is 5.41 Å². The largest absolute Gasteiger partial charge is 0.481 e. The number of carboxylic acids is 1. The second-order valence-corrected chi connectivity index (χ2v) is 6.28. The molecule has 0 aliphatic carbocycles. The molecule has 6 nitrogen and oxygen atoms in total. The zero-order valence-corrected chi connectivity index (χ0v) is 14.4. The molecule has 0 spiro atoms. The summed E-state index contributed by atoms with van der Waals surface area (Å²) in [6.07, 6.45) is 1.52. The van der Waals surface area contributed by atoms with Crippen molar-refractivity contribution in [2.75, 3.05) is 16.8 Å². The number of carbonyl (C=O) groups excluding carboxylic acids is 2. The van der Waals surface area contributed by atoms with Crippen LogP contribution in [0.1, 0.15) is 45.6 Å². The van der Waals surface area contributed by atoms with Crippen molar-refractivity contribution in [1.82, 2.24) is 0 Å². The molecule has 2 rings (SSSR count). The first-order valence-electron chi connectivity index (χ1n) is 8.27. The molecule has 0 atom stereocenters. The second-order valence-electron chi connectivity index (χ2n) is 6.28. The van der Waals surface area contributed by atoms with Gasteiger partial charge in [0, 0.05) is 31.3 Å². The molecule has 0 saturated heterocycles. The summed E-state index contributed by atoms with van der Waals surface area (Å²) in [5, 5.41) is 12.2. The second kappa shape index (κ2) is 7.03. The highest BCUT2D eigenvalue weighted by Gasteiger charge is 2.37. The lowest BCUT2D eigenvalue weighted by molar-refractivity contribution is -0.151. The molecule has 0 aromatic heterocycles. The van der Waals surface area contributed by atoms with Crippen LogP contribution in [0.4, 0.5) is 11.4 Å². The van der Waals surface area contributed by atoms with E-state index in [1.807, 2.05) is 12.1 Å². The molecule has 0 radical (unpaired) electrons. The Morgan fingerprint density at radius 1 is 1.25 bits per heavy atom. The molecule has 0 bridgehead atoms. The Bertz CT molecular complexity index is 665. The average molecular weight is 332 g/mol. The van der Waals surface area contributed by atoms with E-state index >= 15 is 0 Å². The van der Waals surface area contributed by atoms with Gasteiger partial charge in [-0.1, -0.05) is 13.8 Å². The number of carboxylic acid groups (broad SMARTS) is 1. The molecule has 24 heavy (non-hydrogen) atoms. The standard InChI is InChI=1S/C18H24N2O4/c1-4-18(5-2,17(23)24)11-16(22)19-14-6-7-15-13(10-14)8-9-20(15)12(3)21/h6-7,10H,4-5,8-9,11H2,1-3H3,(H,19,22)(H,23,24). The molecule has 1 aromatic carbocycles. The number of amides is 2. The van der Waals surface area contributed by atoms with Crippen LogP contribution in [0, 0.1) is 5.41 Å². The number of hydrogen-bond donors (Lipinski definition) is 2. The van der Waals surface area contributed by atoms with E-state index < -0.39 is 11.4 Å². The number of aliphatic carboxylic acids is 1. The van der Waals surface area contributed by atoms with Crippen LogP contribution in [0.15, 0.2) is 18.2 Å². The summed E-state index contributed by atoms with van der Waals surface area (Å²) in [5.41, 5.74) is 1.50. The molecule has 0 unspecified atom stereocenters. The van der Waals surface area contributed by atoms with Crippen LogP contribution in [-0.4, -0.2) is 29.4 Å². The molecule has 1 aliphatic heterocycles. The van der Waals surface area contributed by atoms with Gasteiger partial charge in [-0.15, -0.1) is 0 Å². The molecule has 1 aromatic rings. The summed E-state index contributed by atoms with van der Waals surface area (Å²) in [6, 6.07) is 5.43. The summed E-state index contributed by atoms with van der Waals surface area (Å²) in [7, 11) is 0. The number of hydrogen-bond acceptors (Lipinski definition) is 3. The zero-order valence-electron chi connectivity index (χ0n) is 14.4. The highest BCUT2D eigenvalue weighted by Crippen LogP contribution is 2.33. The van der Waals surface area contributed by atoms with Crippen LogP contribution in [0.25, 0.3) is 0 Å². The van der Waals surface area contributed by atoms with E-state index in [0.717, 1.165) is 17.7 Å². The number of benzene rings is 1. The molecular weight excluding hydrogens is 308 g/mol. The lowest BCUT2D eigenvalue weighted by atomic mass is 9.79. The van der Waals surface area contributed by atoms with Crippen molar-refractivity contribution >= 4 is 29.2 Å². The quantitative estimate of drug-likeness (QED) is 0.838. The van der Waals surface area contributed by atoms with Crippen molar-refractivity contribution < 1.29 is 19.5 Å². The first-order chi connectivity index (χ1) is 11.3. The van der Waals surface area contributed by atoms with Gasteiger partial charge < -0.3 is 15.3 Å². The van der Waals surface area contributed by atoms with Crippen molar-refractivity contribution in [1.29, 1.82) is 0 Å². The Morgan fingerprint density at radius 2 is 1.92 bits per heavy atom. The van der Waals surface area contributed by atoms with Gasteiger partial charge in [-0.05, 0) is 43.0 Å². The maximum Gasteiger partial charge on any atom is 0.310 e. The van der Waals surface area contributed by atoms with Crippen molar-refractivity contribution in [2.45, 2.75) is 46.5 Å². The fourth-order valence-corrected chi connectivity index (χ4v) is 3.20. The lowest BCUT2D eigenvalue weighted by Crippen LogP contribution is -2.34. The molecule has 2 N–H and O–H groups in total. The number of fused-ring (bicyclic) bond motifs is 1. The monoisotopic (exact) mass is 332 g/mol. The van der Waals surface area contributed by atoms with E-state index in [4.69, 9.17) is 0 Å². The Labute approximate surface area is 141 Å². The lowest BCUT2D eigenvalue weighted by Gasteiger charge is -2.25. The minimum absolute atomic E-state index is 0.00247. The average Bonchev–Trinajstić information content (AvgIpc) is 2.95. The van der Waals surface area contributed by atoms with Gasteiger partial charge in [-0.2, -0.15) is 0 Å². The van der Waals surface area contributed by atoms with Crippen molar-refractivity contribution in [3.63, 3.8) is 0 Å². The third-order valence-corrected chi connectivity index (χ3v) is 4.95. The van der Waals surface area contributed by atoms with Gasteiger partial charge in [0.1, 0.15) is 0 Å². The molecule has 130 valence electrons. The number of carbonyl (C=O) groups is 3. The normalized spacial score (nSPS) is 13.5. The molecule has 1 aliphatic rings. The SMILES string of the molecule is CCC(CC)(CC(=O)Nc1ccc2c(c1)CCN2C(C)=O)C(=O)O. The van der Waals surface area contributed by atoms with Gasteiger partial charge >= 0.3 is 5.97 Å². The van der Waals surface area contributed by atoms with Crippen LogP contribution in [0.5, 0.6) is 0 Å². The topological polar surface area (TPSA) is 86.7 Å². The van der Waals surface area contributed by atoms with Crippen molar-refractivity contribution in [3.8, 4) is 0 Å². The minimum Gasteiger partial charge on any atom is -0.481 e. The number of rotatable bonds is 6. The van der Waals surface area contributed by atoms with E-state index in [-0.39, 0.29) is 18.2 Å². The van der Waals surface area contributed by atoms with Gasteiger partial charge in [0.15, 0.2) is 0 Å². The van der Waals surface area contributed by atoms with Crippen molar-refractivity contribution in [3.05, 3.63) is 23.8 Å². The Morgan fingerprint density at radius 3 is 2.46 bits per heavy atom. The molecule has 0 saturated carbocycles. The smallest absolute Gasteiger partial charge is 0.310 e. The molecule has 0 fully saturated rings. The third-order valence-electron chi connectivity index (χ3n) is 4.95. The maximum atomic E-state index is 12.3. The van der Waals surface area contributed by atoms with Crippen LogP contribution in [0.3, 0.4) is 0 Å². The molecule has 6 heteroatoms. The Hall–Kier alpha value is -2.37. The first kappa shape index (κ1) is 18.0. The Kier molecular flexibility index (Phi) is 5.26. The van der Waals surface area contributed by atoms with Crippen molar-refractivity contribution in [2.24, 2.45) is 5.41 Å². The predicted molar refractivity (Wildman–Crippen MR) is 92.1 cm³/mol. The maximum absolute atomic E-state index is 12.3. The summed E-state index contributed by atoms with van der Waals surface area (Å²) >= 11 is 0. The molecular formula is C18H24N2O4. The third kappa shape index (κ3) is 3.42. The summed E-state index contributed by atoms with van der Waals surface area (Å²) in [4.78, 5) is 37.1. The fraction of sp³-hybridized carbons (Fsp3) is 0.500. The van der Waals surface area contributed by atoms with E-state index in [0.29, 0.717) is 25.1 Å². The van der Waals surface area contributed by atoms with Crippen LogP contribution < -0.4 is 10.2 Å². The number of nitrogens with zero attached hydrogens (tertiary/aromatic N) is 1. The molecule has 1 heterocycles. The van der Waals surface area contributed by atoms with Gasteiger partial charge in [0.25, 0.3) is 0 Å². The van der Waals surface area contributed by atoms with E-state index in [1.54, 1.807) is 24.8 Å². The summed E-state index contributed by atoms with van der Waals surface area (Å²) < 4.78 is 0. The Balaban J connectivity index is 2.11. The zero-order chi connectivity index (χ0) is 17.9. The van der Waals surface area contributed by atoms with Crippen LogP contribution in [0.2, 0.25) is 0 Å². The molecule has 2 amide bonds. The minimum atomic E-state index is -1.02. The van der Waals surface area contributed by atoms with Gasteiger partial charge in [0.2, 0.25) is 11.8 Å². The number of nitrogens with one attached hydrogen (secondary N) is 1. The van der Waals surface area contributed by atoms with Gasteiger partial charge in [-0.3, -0.25) is 14.4 Å². The van der Waals surface area contributed by atoms with Crippen LogP contribution in [-0.2, 0) is 20.8 Å². The highest BCUT2D eigenvalue weighted by molar-refractivity contribution is 5.96. The van der Waals surface area contributed by atoms with E-state index in [1.165, 1.54) is 6.92 Å². The number of anilines is 2. The van der Waals surface area contributed by atoms with E-state index in [9.17, 15) is 19.5 Å².